The molecule has 5 heteroatoms. The van der Waals surface area contributed by atoms with Crippen molar-refractivity contribution in [1.29, 1.82) is 0 Å². The molecule has 32 heavy (non-hydrogen) atoms. The molecule has 0 bridgehead atoms. The van der Waals surface area contributed by atoms with E-state index in [0.29, 0.717) is 13.4 Å². The molecule has 0 spiro atoms. The van der Waals surface area contributed by atoms with Crippen LogP contribution in [0.3, 0.4) is 0 Å². The minimum Gasteiger partial charge on any atom is -0.497 e. The molecule has 0 aliphatic heterocycles. The Hall–Kier alpha value is -1.40. The third kappa shape index (κ3) is 13.9. The third-order valence-electron chi connectivity index (χ3n) is 5.43. The van der Waals surface area contributed by atoms with Crippen molar-refractivity contribution >= 4 is 8.07 Å². The van der Waals surface area contributed by atoms with Gasteiger partial charge in [0.15, 0.2) is 0 Å². The number of hydrogen-bond donors (Lipinski definition) is 0. The summed E-state index contributed by atoms with van der Waals surface area (Å²) in [6.45, 7) is 19.1. The molecule has 0 saturated carbocycles. The summed E-state index contributed by atoms with van der Waals surface area (Å²) < 4.78 is 23.3. The second kappa shape index (κ2) is 15.4. The highest BCUT2D eigenvalue weighted by Crippen LogP contribution is 2.18. The SMILES string of the molecule is C=C(C)CCC/C(C)=C\C[C@H](OCOCC[Si](C)(C)C)[C@@H](C)OCc1ccc(OC)cc1. The van der Waals surface area contributed by atoms with Gasteiger partial charge in [0.2, 0.25) is 0 Å². The highest BCUT2D eigenvalue weighted by Gasteiger charge is 2.19. The van der Waals surface area contributed by atoms with Gasteiger partial charge in [-0.3, -0.25) is 0 Å². The Labute approximate surface area is 198 Å². The van der Waals surface area contributed by atoms with Gasteiger partial charge in [-0.25, -0.2) is 0 Å². The molecule has 0 aliphatic carbocycles. The minimum absolute atomic E-state index is 0.0443. The molecule has 0 saturated heterocycles. The number of benzene rings is 1. The lowest BCUT2D eigenvalue weighted by Crippen LogP contribution is -2.30. The van der Waals surface area contributed by atoms with Crippen molar-refractivity contribution in [3.63, 3.8) is 0 Å². The summed E-state index contributed by atoms with van der Waals surface area (Å²) in [5, 5.41) is 0. The van der Waals surface area contributed by atoms with Gasteiger partial charge >= 0.3 is 0 Å². The van der Waals surface area contributed by atoms with Crippen molar-refractivity contribution in [2.45, 2.75) is 91.0 Å². The molecular weight excluding hydrogens is 416 g/mol. The maximum atomic E-state index is 6.16. The van der Waals surface area contributed by atoms with E-state index in [9.17, 15) is 0 Å². The van der Waals surface area contributed by atoms with Crippen LogP contribution in [0.25, 0.3) is 0 Å². The zero-order valence-electron chi connectivity index (χ0n) is 21.5. The molecule has 0 aliphatic rings. The smallest absolute Gasteiger partial charge is 0.147 e. The van der Waals surface area contributed by atoms with E-state index >= 15 is 0 Å². The predicted molar refractivity (Wildman–Crippen MR) is 138 cm³/mol. The first-order valence-electron chi connectivity index (χ1n) is 11.8. The topological polar surface area (TPSA) is 36.9 Å². The third-order valence-corrected chi connectivity index (χ3v) is 7.13. The van der Waals surface area contributed by atoms with Crippen LogP contribution in [0.2, 0.25) is 25.7 Å². The van der Waals surface area contributed by atoms with E-state index in [0.717, 1.165) is 49.6 Å². The van der Waals surface area contributed by atoms with E-state index in [-0.39, 0.29) is 12.2 Å². The fourth-order valence-electron chi connectivity index (χ4n) is 3.11. The van der Waals surface area contributed by atoms with E-state index < -0.39 is 8.07 Å². The zero-order valence-corrected chi connectivity index (χ0v) is 22.5. The van der Waals surface area contributed by atoms with Gasteiger partial charge in [-0.05, 0) is 70.2 Å². The molecule has 1 aromatic carbocycles. The van der Waals surface area contributed by atoms with E-state index in [4.69, 9.17) is 18.9 Å². The second-order valence-electron chi connectivity index (χ2n) is 10.0. The quantitative estimate of drug-likeness (QED) is 0.105. The molecule has 0 fully saturated rings. The Bertz CT molecular complexity index is 676. The highest BCUT2D eigenvalue weighted by molar-refractivity contribution is 6.76. The van der Waals surface area contributed by atoms with Crippen LogP contribution in [-0.4, -0.2) is 40.8 Å². The largest absolute Gasteiger partial charge is 0.497 e. The number of methoxy groups -OCH3 is 1. The molecule has 1 rings (SSSR count). The van der Waals surface area contributed by atoms with Crippen LogP contribution in [0.15, 0.2) is 48.1 Å². The fourth-order valence-corrected chi connectivity index (χ4v) is 3.87. The molecule has 182 valence electrons. The van der Waals surface area contributed by atoms with Gasteiger partial charge in [-0.15, -0.1) is 6.58 Å². The number of ether oxygens (including phenoxy) is 4. The molecule has 2 atom stereocenters. The maximum Gasteiger partial charge on any atom is 0.147 e. The molecule has 0 radical (unpaired) electrons. The van der Waals surface area contributed by atoms with Crippen LogP contribution in [-0.2, 0) is 20.8 Å². The lowest BCUT2D eigenvalue weighted by molar-refractivity contribution is -0.133. The monoisotopic (exact) mass is 462 g/mol. The summed E-state index contributed by atoms with van der Waals surface area (Å²) >= 11 is 0. The van der Waals surface area contributed by atoms with E-state index in [1.165, 1.54) is 11.1 Å². The molecule has 0 amide bonds. The predicted octanol–water partition coefficient (Wildman–Crippen LogP) is 7.38. The van der Waals surface area contributed by atoms with Gasteiger partial charge < -0.3 is 18.9 Å². The Morgan fingerprint density at radius 3 is 2.34 bits per heavy atom. The Balaban J connectivity index is 2.60. The van der Waals surface area contributed by atoms with Crippen molar-refractivity contribution < 1.29 is 18.9 Å². The highest BCUT2D eigenvalue weighted by atomic mass is 28.3. The first kappa shape index (κ1) is 28.6. The Kier molecular flexibility index (Phi) is 13.8. The number of hydrogen-bond acceptors (Lipinski definition) is 4. The van der Waals surface area contributed by atoms with Crippen molar-refractivity contribution in [3.8, 4) is 5.75 Å². The van der Waals surface area contributed by atoms with Gasteiger partial charge in [0, 0.05) is 14.7 Å². The van der Waals surface area contributed by atoms with E-state index in [1.54, 1.807) is 7.11 Å². The number of rotatable bonds is 17. The summed E-state index contributed by atoms with van der Waals surface area (Å²) in [6, 6.07) is 9.13. The summed E-state index contributed by atoms with van der Waals surface area (Å²) in [5.41, 5.74) is 3.76. The summed E-state index contributed by atoms with van der Waals surface area (Å²) in [6.07, 6.45) is 6.34. The second-order valence-corrected chi connectivity index (χ2v) is 15.6. The van der Waals surface area contributed by atoms with E-state index in [1.807, 2.05) is 24.3 Å². The molecule has 1 aromatic rings. The van der Waals surface area contributed by atoms with Gasteiger partial charge in [0.05, 0.1) is 25.9 Å². The van der Waals surface area contributed by atoms with Crippen LogP contribution in [0.5, 0.6) is 5.75 Å². The zero-order chi connectivity index (χ0) is 24.0. The summed E-state index contributed by atoms with van der Waals surface area (Å²) in [7, 11) is 0.582. The molecule has 0 unspecified atom stereocenters. The van der Waals surface area contributed by atoms with Crippen molar-refractivity contribution in [1.82, 2.24) is 0 Å². The lowest BCUT2D eigenvalue weighted by Gasteiger charge is -2.24. The first-order chi connectivity index (χ1) is 15.1. The van der Waals surface area contributed by atoms with Gasteiger partial charge in [-0.1, -0.05) is 49.0 Å². The van der Waals surface area contributed by atoms with Crippen molar-refractivity contribution in [3.05, 3.63) is 53.6 Å². The van der Waals surface area contributed by atoms with Crippen LogP contribution in [0.4, 0.5) is 0 Å². The van der Waals surface area contributed by atoms with Crippen LogP contribution in [0.1, 0.15) is 52.0 Å². The molecular formula is C27H46O4Si. The Morgan fingerprint density at radius 1 is 1.06 bits per heavy atom. The van der Waals surface area contributed by atoms with Crippen LogP contribution < -0.4 is 4.74 Å². The van der Waals surface area contributed by atoms with Crippen LogP contribution in [0, 0.1) is 0 Å². The minimum atomic E-state index is -1.09. The summed E-state index contributed by atoms with van der Waals surface area (Å²) in [4.78, 5) is 0. The van der Waals surface area contributed by atoms with Gasteiger partial charge in [0.25, 0.3) is 0 Å². The molecule has 0 heterocycles. The average molecular weight is 463 g/mol. The number of allylic oxidation sites excluding steroid dienone is 2. The fraction of sp³-hybridized carbons (Fsp3) is 0.630. The standard InChI is InChI=1S/C27H46O4Si/c1-22(2)10-9-11-23(3)12-17-27(31-21-29-18-19-32(6,7)8)24(4)30-20-25-13-15-26(28-5)16-14-25/h12-16,24,27H,1,9-11,17-21H2,2-8H3/b23-12-/t24-,27+/m1/s1. The maximum absolute atomic E-state index is 6.16. The van der Waals surface area contributed by atoms with Gasteiger partial charge in [-0.2, -0.15) is 0 Å². The Morgan fingerprint density at radius 2 is 1.75 bits per heavy atom. The molecule has 0 N–H and O–H groups in total. The van der Waals surface area contributed by atoms with Crippen molar-refractivity contribution in [2.24, 2.45) is 0 Å². The normalized spacial score (nSPS) is 14.3. The molecule has 4 nitrogen and oxygen atoms in total. The van der Waals surface area contributed by atoms with E-state index in [2.05, 4.69) is 53.1 Å². The first-order valence-corrected chi connectivity index (χ1v) is 15.6. The summed E-state index contributed by atoms with van der Waals surface area (Å²) in [5.74, 6) is 0.853. The van der Waals surface area contributed by atoms with Crippen molar-refractivity contribution in [2.75, 3.05) is 20.5 Å². The van der Waals surface area contributed by atoms with Gasteiger partial charge in [0.1, 0.15) is 12.5 Å². The average Bonchev–Trinajstić information content (AvgIpc) is 2.73. The van der Waals surface area contributed by atoms with Crippen LogP contribution >= 0.6 is 0 Å². The molecule has 0 aromatic heterocycles. The lowest BCUT2D eigenvalue weighted by atomic mass is 10.0.